The molecular weight excluding hydrogens is 668 g/mol. The number of unbranched alkanes of at least 4 members (excludes halogenated alkanes) is 1. The molecule has 4 aliphatic carbocycles. The molecular formula is C44H74N2O7. The maximum absolute atomic E-state index is 13.0. The van der Waals surface area contributed by atoms with Crippen LogP contribution in [0.4, 0.5) is 4.79 Å². The molecule has 4 aliphatic rings. The van der Waals surface area contributed by atoms with E-state index in [1.165, 1.54) is 61.8 Å². The van der Waals surface area contributed by atoms with E-state index in [1.54, 1.807) is 13.8 Å². The Morgan fingerprint density at radius 1 is 0.849 bits per heavy atom. The van der Waals surface area contributed by atoms with E-state index in [-0.39, 0.29) is 68.7 Å². The number of fused-ring (bicyclic) bond motifs is 5. The first-order valence-electron chi connectivity index (χ1n) is 21.5. The van der Waals surface area contributed by atoms with Gasteiger partial charge in [-0.3, -0.25) is 14.4 Å². The zero-order valence-electron chi connectivity index (χ0n) is 34.6. The highest BCUT2D eigenvalue weighted by molar-refractivity contribution is 5.82. The van der Waals surface area contributed by atoms with E-state index < -0.39 is 11.9 Å². The number of nitrogens with zero attached hydrogens (tertiary/aromatic N) is 1. The number of allylic oxidation sites excluding steroid dienone is 1. The molecule has 4 rings (SSSR count). The van der Waals surface area contributed by atoms with Crippen LogP contribution in [0.1, 0.15) is 158 Å². The van der Waals surface area contributed by atoms with Crippen LogP contribution >= 0.6 is 0 Å². The van der Waals surface area contributed by atoms with Crippen LogP contribution in [-0.4, -0.2) is 67.3 Å². The van der Waals surface area contributed by atoms with E-state index in [9.17, 15) is 19.2 Å². The van der Waals surface area contributed by atoms with Crippen molar-refractivity contribution in [1.82, 2.24) is 10.2 Å². The Morgan fingerprint density at radius 3 is 2.30 bits per heavy atom. The molecule has 0 aromatic carbocycles. The molecule has 0 aliphatic heterocycles. The smallest absolute Gasteiger partial charge is 0.407 e. The SMILES string of the molecule is CCOC(=O)CCN(CC(=O)OCC)C(=O)CCCCC(C)NC(=O)O[C@H]1CC[C@@]2(C)C(=CCC3C4CCC(C(C)CCCC(C)C)[C@@]4(C)CCC32)C1. The summed E-state index contributed by atoms with van der Waals surface area (Å²) in [6.07, 6.45) is 18.1. The summed E-state index contributed by atoms with van der Waals surface area (Å²) in [6.45, 7) is 18.3. The monoisotopic (exact) mass is 743 g/mol. The number of carbonyl (C=O) groups is 4. The van der Waals surface area contributed by atoms with Gasteiger partial charge in [-0.2, -0.15) is 0 Å². The zero-order chi connectivity index (χ0) is 38.8. The van der Waals surface area contributed by atoms with E-state index >= 15 is 0 Å². The van der Waals surface area contributed by atoms with Gasteiger partial charge >= 0.3 is 18.0 Å². The summed E-state index contributed by atoms with van der Waals surface area (Å²) in [5, 5.41) is 3.02. The second kappa shape index (κ2) is 19.8. The molecule has 0 bridgehead atoms. The average molecular weight is 743 g/mol. The number of rotatable bonds is 19. The van der Waals surface area contributed by atoms with Gasteiger partial charge in [-0.15, -0.1) is 0 Å². The fraction of sp³-hybridized carbons (Fsp3) is 0.864. The fourth-order valence-corrected chi connectivity index (χ4v) is 11.2. The molecule has 1 N–H and O–H groups in total. The van der Waals surface area contributed by atoms with Crippen molar-refractivity contribution in [3.05, 3.63) is 11.6 Å². The van der Waals surface area contributed by atoms with Crippen molar-refractivity contribution >= 4 is 23.9 Å². The Hall–Kier alpha value is -2.58. The Bertz CT molecular complexity index is 1270. The topological polar surface area (TPSA) is 111 Å². The Morgan fingerprint density at radius 2 is 1.58 bits per heavy atom. The molecule has 9 heteroatoms. The van der Waals surface area contributed by atoms with Gasteiger partial charge in [-0.05, 0) is 125 Å². The highest BCUT2D eigenvalue weighted by Crippen LogP contribution is 2.67. The molecule has 2 amide bonds. The van der Waals surface area contributed by atoms with E-state index in [0.29, 0.717) is 18.3 Å². The van der Waals surface area contributed by atoms with Gasteiger partial charge in [-0.1, -0.05) is 72.0 Å². The highest BCUT2D eigenvalue weighted by Gasteiger charge is 2.59. The first-order valence-corrected chi connectivity index (χ1v) is 21.5. The predicted octanol–water partition coefficient (Wildman–Crippen LogP) is 9.42. The highest BCUT2D eigenvalue weighted by atomic mass is 16.6. The quantitative estimate of drug-likeness (QED) is 0.0608. The Kier molecular flexibility index (Phi) is 16.2. The minimum atomic E-state index is -0.496. The van der Waals surface area contributed by atoms with E-state index in [0.717, 1.165) is 61.2 Å². The lowest BCUT2D eigenvalue weighted by molar-refractivity contribution is -0.150. The summed E-state index contributed by atoms with van der Waals surface area (Å²) in [5.74, 6) is 3.77. The molecule has 3 fully saturated rings. The van der Waals surface area contributed by atoms with Gasteiger partial charge in [0.25, 0.3) is 0 Å². The van der Waals surface area contributed by atoms with Gasteiger partial charge in [0.2, 0.25) is 5.91 Å². The summed E-state index contributed by atoms with van der Waals surface area (Å²) in [6, 6.07) is -0.0923. The van der Waals surface area contributed by atoms with Gasteiger partial charge in [0, 0.05) is 25.4 Å². The minimum absolute atomic E-state index is 0.0270. The number of esters is 2. The number of hydrogen-bond donors (Lipinski definition) is 1. The number of ether oxygens (including phenoxy) is 3. The summed E-state index contributed by atoms with van der Waals surface area (Å²) in [7, 11) is 0. The summed E-state index contributed by atoms with van der Waals surface area (Å²) < 4.78 is 16.0. The van der Waals surface area contributed by atoms with Crippen molar-refractivity contribution in [3.8, 4) is 0 Å². The standard InChI is InChI=1S/C44H74N2O7/c1-9-51-40(48)24-27-46(29-41(49)52-10-2)39(47)17-12-11-16-32(6)45-42(50)53-34-22-25-43(7)33(28-34)18-19-35-37-21-20-36(31(5)15-13-14-30(3)4)44(37,8)26-23-38(35)43/h18,30-32,34-38H,9-17,19-29H2,1-8H3,(H,45,50)/t31?,32?,34-,35?,36?,37?,38?,43-,44+/m0/s1. The number of nitrogens with one attached hydrogen (secondary N) is 1. The third kappa shape index (κ3) is 11.2. The van der Waals surface area contributed by atoms with Crippen molar-refractivity contribution in [2.24, 2.45) is 46.3 Å². The lowest BCUT2D eigenvalue weighted by Gasteiger charge is -2.58. The molecule has 0 aromatic heterocycles. The second-order valence-electron chi connectivity index (χ2n) is 18.0. The van der Waals surface area contributed by atoms with Crippen LogP contribution in [0.25, 0.3) is 0 Å². The van der Waals surface area contributed by atoms with Crippen molar-refractivity contribution in [2.45, 2.75) is 170 Å². The van der Waals surface area contributed by atoms with Crippen LogP contribution in [-0.2, 0) is 28.6 Å². The van der Waals surface area contributed by atoms with E-state index in [4.69, 9.17) is 14.2 Å². The first kappa shape index (κ1) is 43.2. The normalized spacial score (nSPS) is 30.2. The largest absolute Gasteiger partial charge is 0.466 e. The molecule has 0 saturated heterocycles. The van der Waals surface area contributed by atoms with Crippen molar-refractivity contribution < 1.29 is 33.4 Å². The van der Waals surface area contributed by atoms with Crippen molar-refractivity contribution in [3.63, 3.8) is 0 Å². The van der Waals surface area contributed by atoms with Gasteiger partial charge in [-0.25, -0.2) is 4.79 Å². The van der Waals surface area contributed by atoms with Gasteiger partial charge < -0.3 is 24.4 Å². The molecule has 9 atom stereocenters. The number of amides is 2. The Balaban J connectivity index is 1.21. The summed E-state index contributed by atoms with van der Waals surface area (Å²) in [5.41, 5.74) is 2.23. The molecule has 53 heavy (non-hydrogen) atoms. The maximum Gasteiger partial charge on any atom is 0.407 e. The van der Waals surface area contributed by atoms with Gasteiger partial charge in [0.15, 0.2) is 0 Å². The number of alkyl carbamates (subject to hydrolysis) is 1. The van der Waals surface area contributed by atoms with Crippen LogP contribution < -0.4 is 5.32 Å². The lowest BCUT2D eigenvalue weighted by Crippen LogP contribution is -2.51. The van der Waals surface area contributed by atoms with Crippen molar-refractivity contribution in [1.29, 1.82) is 0 Å². The van der Waals surface area contributed by atoms with Gasteiger partial charge in [0.05, 0.1) is 19.6 Å². The molecule has 0 spiro atoms. The third-order valence-corrected chi connectivity index (χ3v) is 14.0. The number of hydrogen-bond acceptors (Lipinski definition) is 7. The average Bonchev–Trinajstić information content (AvgIpc) is 3.46. The number of carbonyl (C=O) groups excluding carboxylic acids is 4. The molecule has 3 saturated carbocycles. The first-order chi connectivity index (χ1) is 25.2. The zero-order valence-corrected chi connectivity index (χ0v) is 34.6. The summed E-state index contributed by atoms with van der Waals surface area (Å²) >= 11 is 0. The molecule has 0 aromatic rings. The van der Waals surface area contributed by atoms with Crippen LogP contribution in [0, 0.1) is 46.3 Å². The molecule has 0 heterocycles. The Labute approximate surface area is 321 Å². The van der Waals surface area contributed by atoms with Crippen LogP contribution in [0.5, 0.6) is 0 Å². The fourth-order valence-electron chi connectivity index (χ4n) is 11.2. The van der Waals surface area contributed by atoms with E-state index in [2.05, 4.69) is 46.0 Å². The summed E-state index contributed by atoms with van der Waals surface area (Å²) in [4.78, 5) is 51.2. The second-order valence-corrected chi connectivity index (χ2v) is 18.0. The molecule has 0 radical (unpaired) electrons. The molecule has 6 unspecified atom stereocenters. The van der Waals surface area contributed by atoms with Gasteiger partial charge in [0.1, 0.15) is 12.6 Å². The molecule has 302 valence electrons. The van der Waals surface area contributed by atoms with Crippen molar-refractivity contribution in [2.75, 3.05) is 26.3 Å². The lowest BCUT2D eigenvalue weighted by atomic mass is 9.47. The third-order valence-electron chi connectivity index (χ3n) is 14.0. The minimum Gasteiger partial charge on any atom is -0.466 e. The maximum atomic E-state index is 13.0. The molecule has 9 nitrogen and oxygen atoms in total. The van der Waals surface area contributed by atoms with Crippen LogP contribution in [0.2, 0.25) is 0 Å². The van der Waals surface area contributed by atoms with Crippen LogP contribution in [0.3, 0.4) is 0 Å². The van der Waals surface area contributed by atoms with E-state index in [1.807, 2.05) is 6.92 Å². The predicted molar refractivity (Wildman–Crippen MR) is 209 cm³/mol. The van der Waals surface area contributed by atoms with Crippen LogP contribution in [0.15, 0.2) is 11.6 Å².